The summed E-state index contributed by atoms with van der Waals surface area (Å²) in [5.74, 6) is 0. The molecule has 1 saturated carbocycles. The van der Waals surface area contributed by atoms with Crippen LogP contribution in [0.2, 0.25) is 0 Å². The maximum Gasteiger partial charge on any atom is 0.0538 e. The summed E-state index contributed by atoms with van der Waals surface area (Å²) in [5, 5.41) is 0. The molecule has 15 heavy (non-hydrogen) atoms. The lowest BCUT2D eigenvalue weighted by atomic mass is 9.69. The van der Waals surface area contributed by atoms with Gasteiger partial charge in [0.15, 0.2) is 0 Å². The molecule has 0 bridgehead atoms. The van der Waals surface area contributed by atoms with Crippen molar-refractivity contribution in [2.45, 2.75) is 59.1 Å². The number of ether oxygens (including phenoxy) is 1. The predicted octanol–water partition coefficient (Wildman–Crippen LogP) is 2.92. The standard InChI is InChI=1S/C13H27NO/c1-11(2)14(5)9-13(7-6-8-13)10-15-12(3)4/h11-12H,6-10H2,1-5H3. The summed E-state index contributed by atoms with van der Waals surface area (Å²) in [6, 6.07) is 0.640. The molecular formula is C13H27NO. The Morgan fingerprint density at radius 1 is 1.20 bits per heavy atom. The molecule has 0 aromatic carbocycles. The van der Waals surface area contributed by atoms with E-state index in [4.69, 9.17) is 4.74 Å². The minimum Gasteiger partial charge on any atom is -0.378 e. The number of hydrogen-bond donors (Lipinski definition) is 0. The number of hydrogen-bond acceptors (Lipinski definition) is 2. The molecule has 0 aromatic heterocycles. The Labute approximate surface area is 95.0 Å². The van der Waals surface area contributed by atoms with Crippen molar-refractivity contribution in [2.24, 2.45) is 5.41 Å². The summed E-state index contributed by atoms with van der Waals surface area (Å²) in [6.07, 6.45) is 4.44. The van der Waals surface area contributed by atoms with Crippen LogP contribution in [0.3, 0.4) is 0 Å². The van der Waals surface area contributed by atoms with Gasteiger partial charge in [0.05, 0.1) is 12.7 Å². The van der Waals surface area contributed by atoms with E-state index in [9.17, 15) is 0 Å². The highest BCUT2D eigenvalue weighted by molar-refractivity contribution is 4.90. The van der Waals surface area contributed by atoms with Crippen LogP contribution in [0.1, 0.15) is 47.0 Å². The van der Waals surface area contributed by atoms with Crippen molar-refractivity contribution in [2.75, 3.05) is 20.2 Å². The van der Waals surface area contributed by atoms with Crippen LogP contribution in [0, 0.1) is 5.41 Å². The van der Waals surface area contributed by atoms with E-state index < -0.39 is 0 Å². The first-order valence-corrected chi connectivity index (χ1v) is 6.27. The molecule has 0 radical (unpaired) electrons. The Morgan fingerprint density at radius 2 is 1.80 bits per heavy atom. The molecule has 0 saturated heterocycles. The molecule has 0 amide bonds. The monoisotopic (exact) mass is 213 g/mol. The smallest absolute Gasteiger partial charge is 0.0538 e. The summed E-state index contributed by atoms with van der Waals surface area (Å²) >= 11 is 0. The molecule has 1 aliphatic rings. The molecule has 2 nitrogen and oxygen atoms in total. The van der Waals surface area contributed by atoms with Crippen LogP contribution in [0.25, 0.3) is 0 Å². The molecule has 0 heterocycles. The summed E-state index contributed by atoms with van der Waals surface area (Å²) in [5.41, 5.74) is 0.462. The quantitative estimate of drug-likeness (QED) is 0.672. The van der Waals surface area contributed by atoms with E-state index in [-0.39, 0.29) is 0 Å². The number of rotatable bonds is 6. The van der Waals surface area contributed by atoms with E-state index in [0.717, 1.165) is 6.61 Å². The minimum absolute atomic E-state index is 0.367. The average Bonchev–Trinajstić information content (AvgIpc) is 2.08. The molecule has 0 unspecified atom stereocenters. The molecule has 1 fully saturated rings. The van der Waals surface area contributed by atoms with E-state index in [1.54, 1.807) is 0 Å². The van der Waals surface area contributed by atoms with E-state index in [0.29, 0.717) is 17.6 Å². The lowest BCUT2D eigenvalue weighted by Crippen LogP contribution is -2.46. The van der Waals surface area contributed by atoms with Crippen molar-refractivity contribution in [1.82, 2.24) is 4.90 Å². The van der Waals surface area contributed by atoms with Gasteiger partial charge in [-0.25, -0.2) is 0 Å². The van der Waals surface area contributed by atoms with E-state index >= 15 is 0 Å². The lowest BCUT2D eigenvalue weighted by Gasteiger charge is -2.45. The fourth-order valence-electron chi connectivity index (χ4n) is 2.08. The fraction of sp³-hybridized carbons (Fsp3) is 1.00. The van der Waals surface area contributed by atoms with Gasteiger partial charge in [0.25, 0.3) is 0 Å². The second kappa shape index (κ2) is 5.31. The molecule has 0 N–H and O–H groups in total. The Morgan fingerprint density at radius 3 is 2.13 bits per heavy atom. The molecular weight excluding hydrogens is 186 g/mol. The third-order valence-electron chi connectivity index (χ3n) is 3.60. The predicted molar refractivity (Wildman–Crippen MR) is 65.1 cm³/mol. The van der Waals surface area contributed by atoms with Crippen molar-refractivity contribution >= 4 is 0 Å². The highest BCUT2D eigenvalue weighted by Crippen LogP contribution is 2.42. The zero-order valence-electron chi connectivity index (χ0n) is 11.0. The maximum absolute atomic E-state index is 5.80. The summed E-state index contributed by atoms with van der Waals surface area (Å²) in [7, 11) is 2.22. The zero-order valence-corrected chi connectivity index (χ0v) is 11.0. The second-order valence-corrected chi connectivity index (χ2v) is 5.72. The van der Waals surface area contributed by atoms with Gasteiger partial charge < -0.3 is 9.64 Å². The van der Waals surface area contributed by atoms with Crippen molar-refractivity contribution < 1.29 is 4.74 Å². The second-order valence-electron chi connectivity index (χ2n) is 5.72. The highest BCUT2D eigenvalue weighted by atomic mass is 16.5. The van der Waals surface area contributed by atoms with Gasteiger partial charge in [-0.3, -0.25) is 0 Å². The molecule has 1 aliphatic carbocycles. The van der Waals surface area contributed by atoms with Gasteiger partial charge in [0, 0.05) is 18.0 Å². The van der Waals surface area contributed by atoms with Crippen LogP contribution in [-0.2, 0) is 4.74 Å². The van der Waals surface area contributed by atoms with Gasteiger partial charge in [-0.1, -0.05) is 6.42 Å². The summed E-state index contributed by atoms with van der Waals surface area (Å²) in [4.78, 5) is 2.45. The summed E-state index contributed by atoms with van der Waals surface area (Å²) in [6.45, 7) is 10.9. The largest absolute Gasteiger partial charge is 0.378 e. The highest BCUT2D eigenvalue weighted by Gasteiger charge is 2.38. The Kier molecular flexibility index (Phi) is 4.60. The van der Waals surface area contributed by atoms with Gasteiger partial charge in [-0.2, -0.15) is 0 Å². The minimum atomic E-state index is 0.367. The molecule has 2 heteroatoms. The normalized spacial score (nSPS) is 20.0. The molecule has 1 rings (SSSR count). The third kappa shape index (κ3) is 3.76. The van der Waals surface area contributed by atoms with E-state index in [1.807, 2.05) is 0 Å². The van der Waals surface area contributed by atoms with Crippen LogP contribution < -0.4 is 0 Å². The van der Waals surface area contributed by atoms with Gasteiger partial charge in [0.2, 0.25) is 0 Å². The van der Waals surface area contributed by atoms with Crippen LogP contribution in [0.15, 0.2) is 0 Å². The van der Waals surface area contributed by atoms with Crippen LogP contribution in [0.4, 0.5) is 0 Å². The SMILES string of the molecule is CC(C)OCC1(CN(C)C(C)C)CCC1. The van der Waals surface area contributed by atoms with Gasteiger partial charge >= 0.3 is 0 Å². The molecule has 0 aromatic rings. The van der Waals surface area contributed by atoms with Gasteiger partial charge in [-0.05, 0) is 47.6 Å². The first kappa shape index (κ1) is 13.0. The van der Waals surface area contributed by atoms with Crippen molar-refractivity contribution in [3.63, 3.8) is 0 Å². The Balaban J connectivity index is 2.39. The van der Waals surface area contributed by atoms with Crippen LogP contribution >= 0.6 is 0 Å². The van der Waals surface area contributed by atoms with E-state index in [1.165, 1.54) is 25.8 Å². The first-order valence-electron chi connectivity index (χ1n) is 6.27. The Hall–Kier alpha value is -0.0800. The fourth-order valence-corrected chi connectivity index (χ4v) is 2.08. The van der Waals surface area contributed by atoms with Crippen molar-refractivity contribution in [3.8, 4) is 0 Å². The molecule has 90 valence electrons. The third-order valence-corrected chi connectivity index (χ3v) is 3.60. The zero-order chi connectivity index (χ0) is 11.5. The van der Waals surface area contributed by atoms with Crippen molar-refractivity contribution in [1.29, 1.82) is 0 Å². The maximum atomic E-state index is 5.80. The number of nitrogens with zero attached hydrogens (tertiary/aromatic N) is 1. The Bertz CT molecular complexity index is 185. The first-order chi connectivity index (χ1) is 6.95. The van der Waals surface area contributed by atoms with Gasteiger partial charge in [0.1, 0.15) is 0 Å². The molecule has 0 aliphatic heterocycles. The lowest BCUT2D eigenvalue weighted by molar-refractivity contribution is -0.0503. The molecule has 0 atom stereocenters. The van der Waals surface area contributed by atoms with Crippen LogP contribution in [-0.4, -0.2) is 37.2 Å². The van der Waals surface area contributed by atoms with Gasteiger partial charge in [-0.15, -0.1) is 0 Å². The van der Waals surface area contributed by atoms with E-state index in [2.05, 4.69) is 39.6 Å². The summed E-state index contributed by atoms with van der Waals surface area (Å²) < 4.78 is 5.80. The van der Waals surface area contributed by atoms with Crippen LogP contribution in [0.5, 0.6) is 0 Å². The van der Waals surface area contributed by atoms with Crippen molar-refractivity contribution in [3.05, 3.63) is 0 Å². The molecule has 0 spiro atoms. The average molecular weight is 213 g/mol. The topological polar surface area (TPSA) is 12.5 Å².